The molecule has 0 atom stereocenters. The van der Waals surface area contributed by atoms with Gasteiger partial charge in [0, 0.05) is 18.8 Å². The molecule has 112 valence electrons. The summed E-state index contributed by atoms with van der Waals surface area (Å²) in [5.41, 5.74) is 1.25. The predicted molar refractivity (Wildman–Crippen MR) is 81.7 cm³/mol. The summed E-state index contributed by atoms with van der Waals surface area (Å²) in [7, 11) is 0. The van der Waals surface area contributed by atoms with Gasteiger partial charge in [0.05, 0.1) is 11.7 Å². The fraction of sp³-hybridized carbons (Fsp3) is 0.812. The van der Waals surface area contributed by atoms with Gasteiger partial charge in [-0.1, -0.05) is 19.8 Å². The largest absolute Gasteiger partial charge is 0.317 e. The molecular weight excluding hydrogens is 248 g/mol. The SMILES string of the molecule is CCN(Cc1ccn(C2CCCC2)n1)C1CCNCC1. The van der Waals surface area contributed by atoms with E-state index in [0.29, 0.717) is 6.04 Å². The van der Waals surface area contributed by atoms with Gasteiger partial charge in [0.25, 0.3) is 0 Å². The molecule has 1 saturated heterocycles. The Morgan fingerprint density at radius 1 is 1.25 bits per heavy atom. The third-order valence-corrected chi connectivity index (χ3v) is 4.96. The summed E-state index contributed by atoms with van der Waals surface area (Å²) in [6, 6.07) is 3.62. The van der Waals surface area contributed by atoms with Crippen molar-refractivity contribution in [1.82, 2.24) is 20.0 Å². The molecule has 0 radical (unpaired) electrons. The van der Waals surface area contributed by atoms with Gasteiger partial charge in [-0.3, -0.25) is 9.58 Å². The number of rotatable bonds is 5. The van der Waals surface area contributed by atoms with E-state index in [1.54, 1.807) is 0 Å². The van der Waals surface area contributed by atoms with Crippen LogP contribution in [-0.2, 0) is 6.54 Å². The molecule has 4 heteroatoms. The van der Waals surface area contributed by atoms with Gasteiger partial charge >= 0.3 is 0 Å². The molecule has 20 heavy (non-hydrogen) atoms. The molecule has 0 amide bonds. The molecule has 3 rings (SSSR count). The Morgan fingerprint density at radius 3 is 2.70 bits per heavy atom. The van der Waals surface area contributed by atoms with E-state index >= 15 is 0 Å². The van der Waals surface area contributed by atoms with Crippen LogP contribution in [0.4, 0.5) is 0 Å². The topological polar surface area (TPSA) is 33.1 Å². The maximum atomic E-state index is 4.83. The summed E-state index contributed by atoms with van der Waals surface area (Å²) in [6.07, 6.45) is 10.1. The van der Waals surface area contributed by atoms with E-state index in [4.69, 9.17) is 5.10 Å². The Balaban J connectivity index is 1.60. The smallest absolute Gasteiger partial charge is 0.0764 e. The zero-order valence-electron chi connectivity index (χ0n) is 12.7. The summed E-state index contributed by atoms with van der Waals surface area (Å²) in [5, 5.41) is 8.29. The monoisotopic (exact) mass is 276 g/mol. The molecule has 0 spiro atoms. The van der Waals surface area contributed by atoms with Crippen LogP contribution in [-0.4, -0.2) is 40.4 Å². The maximum Gasteiger partial charge on any atom is 0.0764 e. The minimum Gasteiger partial charge on any atom is -0.317 e. The summed E-state index contributed by atoms with van der Waals surface area (Å²) >= 11 is 0. The van der Waals surface area contributed by atoms with Crippen molar-refractivity contribution >= 4 is 0 Å². The first kappa shape index (κ1) is 14.1. The first-order chi connectivity index (χ1) is 9.86. The number of hydrogen-bond donors (Lipinski definition) is 1. The number of piperidine rings is 1. The van der Waals surface area contributed by atoms with Crippen LogP contribution in [0.2, 0.25) is 0 Å². The Labute approximate surface area is 122 Å². The molecule has 0 unspecified atom stereocenters. The van der Waals surface area contributed by atoms with E-state index in [2.05, 4.69) is 34.1 Å². The van der Waals surface area contributed by atoms with Gasteiger partial charge in [-0.2, -0.15) is 5.10 Å². The molecule has 1 aliphatic carbocycles. The van der Waals surface area contributed by atoms with Crippen molar-refractivity contribution in [3.63, 3.8) is 0 Å². The quantitative estimate of drug-likeness (QED) is 0.897. The van der Waals surface area contributed by atoms with Crippen LogP contribution in [0.1, 0.15) is 57.2 Å². The van der Waals surface area contributed by atoms with Crippen molar-refractivity contribution in [3.8, 4) is 0 Å². The number of hydrogen-bond acceptors (Lipinski definition) is 3. The van der Waals surface area contributed by atoms with E-state index in [-0.39, 0.29) is 0 Å². The van der Waals surface area contributed by atoms with Crippen molar-refractivity contribution in [2.75, 3.05) is 19.6 Å². The molecule has 1 N–H and O–H groups in total. The van der Waals surface area contributed by atoms with Gasteiger partial charge in [-0.15, -0.1) is 0 Å². The van der Waals surface area contributed by atoms with E-state index in [9.17, 15) is 0 Å². The van der Waals surface area contributed by atoms with E-state index in [1.807, 2.05) is 0 Å². The molecule has 1 aliphatic heterocycles. The van der Waals surface area contributed by atoms with Crippen molar-refractivity contribution in [2.45, 2.75) is 64.1 Å². The Morgan fingerprint density at radius 2 is 2.00 bits per heavy atom. The third-order valence-electron chi connectivity index (χ3n) is 4.96. The molecule has 1 aromatic heterocycles. The molecule has 4 nitrogen and oxygen atoms in total. The molecule has 2 heterocycles. The Hall–Kier alpha value is -0.870. The first-order valence-electron chi connectivity index (χ1n) is 8.35. The second-order valence-corrected chi connectivity index (χ2v) is 6.27. The van der Waals surface area contributed by atoms with Crippen LogP contribution in [0.5, 0.6) is 0 Å². The highest BCUT2D eigenvalue weighted by Crippen LogP contribution is 2.28. The lowest BCUT2D eigenvalue weighted by Crippen LogP contribution is -2.42. The Bertz CT molecular complexity index is 402. The maximum absolute atomic E-state index is 4.83. The molecule has 1 saturated carbocycles. The molecule has 2 fully saturated rings. The van der Waals surface area contributed by atoms with Crippen molar-refractivity contribution in [3.05, 3.63) is 18.0 Å². The normalized spacial score (nSPS) is 21.9. The lowest BCUT2D eigenvalue weighted by atomic mass is 10.0. The molecular formula is C16H28N4. The van der Waals surface area contributed by atoms with Crippen LogP contribution < -0.4 is 5.32 Å². The molecule has 1 aromatic rings. The van der Waals surface area contributed by atoms with Gasteiger partial charge in [0.1, 0.15) is 0 Å². The Kier molecular flexibility index (Phi) is 4.73. The lowest BCUT2D eigenvalue weighted by molar-refractivity contribution is 0.160. The van der Waals surface area contributed by atoms with Crippen molar-refractivity contribution < 1.29 is 0 Å². The minimum atomic E-state index is 0.665. The minimum absolute atomic E-state index is 0.665. The van der Waals surface area contributed by atoms with Gasteiger partial charge in [-0.25, -0.2) is 0 Å². The zero-order valence-corrected chi connectivity index (χ0v) is 12.7. The first-order valence-corrected chi connectivity index (χ1v) is 8.35. The van der Waals surface area contributed by atoms with Crippen LogP contribution in [0, 0.1) is 0 Å². The van der Waals surface area contributed by atoms with Crippen LogP contribution >= 0.6 is 0 Å². The summed E-state index contributed by atoms with van der Waals surface area (Å²) in [5.74, 6) is 0. The number of nitrogens with one attached hydrogen (secondary N) is 1. The van der Waals surface area contributed by atoms with Crippen LogP contribution in [0.25, 0.3) is 0 Å². The average molecular weight is 276 g/mol. The summed E-state index contributed by atoms with van der Waals surface area (Å²) in [4.78, 5) is 2.60. The standard InChI is InChI=1S/C16H28N4/c1-2-19(15-7-10-17-11-8-15)13-14-9-12-20(18-14)16-5-3-4-6-16/h9,12,15-17H,2-8,10-11,13H2,1H3. The van der Waals surface area contributed by atoms with E-state index < -0.39 is 0 Å². The van der Waals surface area contributed by atoms with Gasteiger partial charge in [0.2, 0.25) is 0 Å². The van der Waals surface area contributed by atoms with E-state index in [1.165, 1.54) is 44.2 Å². The molecule has 0 bridgehead atoms. The number of nitrogens with zero attached hydrogens (tertiary/aromatic N) is 3. The summed E-state index contributed by atoms with van der Waals surface area (Å²) in [6.45, 7) is 6.74. The number of aromatic nitrogens is 2. The van der Waals surface area contributed by atoms with Gasteiger partial charge < -0.3 is 5.32 Å². The average Bonchev–Trinajstić information content (AvgIpc) is 3.16. The van der Waals surface area contributed by atoms with E-state index in [0.717, 1.165) is 32.2 Å². The fourth-order valence-electron chi connectivity index (χ4n) is 3.71. The van der Waals surface area contributed by atoms with Crippen LogP contribution in [0.15, 0.2) is 12.3 Å². The molecule has 0 aromatic carbocycles. The van der Waals surface area contributed by atoms with Gasteiger partial charge in [0.15, 0.2) is 0 Å². The van der Waals surface area contributed by atoms with Crippen molar-refractivity contribution in [1.29, 1.82) is 0 Å². The highest BCUT2D eigenvalue weighted by atomic mass is 15.3. The highest BCUT2D eigenvalue weighted by molar-refractivity contribution is 5.01. The fourth-order valence-corrected chi connectivity index (χ4v) is 3.71. The third kappa shape index (κ3) is 3.23. The lowest BCUT2D eigenvalue weighted by Gasteiger charge is -2.33. The predicted octanol–water partition coefficient (Wildman–Crippen LogP) is 2.57. The second kappa shape index (κ2) is 6.72. The second-order valence-electron chi connectivity index (χ2n) is 6.27. The zero-order chi connectivity index (χ0) is 13.8. The molecule has 2 aliphatic rings. The van der Waals surface area contributed by atoms with Crippen molar-refractivity contribution in [2.24, 2.45) is 0 Å². The van der Waals surface area contributed by atoms with Gasteiger partial charge in [-0.05, 0) is 51.4 Å². The van der Waals surface area contributed by atoms with Crippen LogP contribution in [0.3, 0.4) is 0 Å². The highest BCUT2D eigenvalue weighted by Gasteiger charge is 2.21. The summed E-state index contributed by atoms with van der Waals surface area (Å²) < 4.78 is 2.22.